The third-order valence-electron chi connectivity index (χ3n) is 1.03. The van der Waals surface area contributed by atoms with Crippen molar-refractivity contribution in [2.24, 2.45) is 0 Å². The van der Waals surface area contributed by atoms with Gasteiger partial charge in [0.1, 0.15) is 0 Å². The molecule has 0 atom stereocenters. The van der Waals surface area contributed by atoms with Crippen LogP contribution in [0.3, 0.4) is 0 Å². The van der Waals surface area contributed by atoms with E-state index in [0.717, 1.165) is 12.9 Å². The van der Waals surface area contributed by atoms with Crippen molar-refractivity contribution in [2.75, 3.05) is 7.11 Å². The van der Waals surface area contributed by atoms with E-state index in [9.17, 15) is 0 Å². The molecule has 2 nitrogen and oxygen atoms in total. The molecule has 0 radical (unpaired) electrons. The maximum absolute atomic E-state index is 5.05. The summed E-state index contributed by atoms with van der Waals surface area (Å²) in [5.41, 5.74) is 0. The number of halogens is 2. The van der Waals surface area contributed by atoms with Crippen LogP contribution in [0, 0.1) is 7.14 Å². The summed E-state index contributed by atoms with van der Waals surface area (Å²) in [6.45, 7) is 0. The van der Waals surface area contributed by atoms with Gasteiger partial charge in [0, 0.05) is 9.77 Å². The third kappa shape index (κ3) is 1.71. The molecule has 1 heterocycles. The number of hydrogen-bond acceptors (Lipinski definition) is 2. The quantitative estimate of drug-likeness (QED) is 0.717. The highest BCUT2D eigenvalue weighted by Gasteiger charge is 2.01. The first kappa shape index (κ1) is 8.51. The Hall–Kier alpha value is 0.410. The largest absolute Gasteiger partial charge is 0.494 e. The smallest absolute Gasteiger partial charge is 0.151 e. The van der Waals surface area contributed by atoms with Gasteiger partial charge in [0.2, 0.25) is 0 Å². The van der Waals surface area contributed by atoms with Gasteiger partial charge in [0.25, 0.3) is 0 Å². The second kappa shape index (κ2) is 3.70. The molecule has 54 valence electrons. The molecule has 0 aliphatic heterocycles. The second-order valence-corrected chi connectivity index (χ2v) is 3.88. The molecule has 10 heavy (non-hydrogen) atoms. The lowest BCUT2D eigenvalue weighted by atomic mass is 10.5. The first-order chi connectivity index (χ1) is 4.75. The molecular weight excluding hydrogens is 356 g/mol. The number of methoxy groups -OCH3 is 1. The molecule has 0 spiro atoms. The van der Waals surface area contributed by atoms with Gasteiger partial charge in [-0.1, -0.05) is 0 Å². The van der Waals surface area contributed by atoms with Crippen LogP contribution in [0.1, 0.15) is 0 Å². The molecule has 0 saturated heterocycles. The Balaban J connectivity index is 3.14. The highest BCUT2D eigenvalue weighted by atomic mass is 127. The Morgan fingerprint density at radius 2 is 2.10 bits per heavy atom. The van der Waals surface area contributed by atoms with Gasteiger partial charge >= 0.3 is 0 Å². The van der Waals surface area contributed by atoms with Crippen molar-refractivity contribution < 1.29 is 4.74 Å². The maximum atomic E-state index is 5.05. The lowest BCUT2D eigenvalue weighted by Crippen LogP contribution is -1.90. The Morgan fingerprint density at radius 3 is 2.60 bits per heavy atom. The molecule has 0 N–H and O–H groups in total. The molecule has 1 aromatic rings. The average Bonchev–Trinajstić information content (AvgIpc) is 1.95. The van der Waals surface area contributed by atoms with E-state index < -0.39 is 0 Å². The van der Waals surface area contributed by atoms with Crippen LogP contribution in [0.5, 0.6) is 5.75 Å². The fourth-order valence-electron chi connectivity index (χ4n) is 0.544. The summed E-state index contributed by atoms with van der Waals surface area (Å²) in [7, 11) is 1.65. The molecule has 0 fully saturated rings. The summed E-state index contributed by atoms with van der Waals surface area (Å²) in [6.07, 6.45) is 3.52. The van der Waals surface area contributed by atoms with Crippen LogP contribution < -0.4 is 4.74 Å². The van der Waals surface area contributed by atoms with Crippen molar-refractivity contribution in [1.82, 2.24) is 4.98 Å². The first-order valence-electron chi connectivity index (χ1n) is 2.58. The van der Waals surface area contributed by atoms with Gasteiger partial charge in [0.15, 0.2) is 5.75 Å². The topological polar surface area (TPSA) is 22.1 Å². The van der Waals surface area contributed by atoms with E-state index in [4.69, 9.17) is 4.74 Å². The van der Waals surface area contributed by atoms with Crippen LogP contribution >= 0.6 is 45.2 Å². The van der Waals surface area contributed by atoms with Crippen molar-refractivity contribution in [1.29, 1.82) is 0 Å². The molecule has 0 aliphatic carbocycles. The van der Waals surface area contributed by atoms with Gasteiger partial charge in [-0.05, 0) is 45.2 Å². The lowest BCUT2D eigenvalue weighted by Gasteiger charge is -2.01. The van der Waals surface area contributed by atoms with Crippen LogP contribution in [-0.4, -0.2) is 12.1 Å². The summed E-state index contributed by atoms with van der Waals surface area (Å²) in [5.74, 6) is 0.840. The minimum Gasteiger partial charge on any atom is -0.494 e. The van der Waals surface area contributed by atoms with E-state index in [0.29, 0.717) is 0 Å². The Morgan fingerprint density at radius 1 is 1.40 bits per heavy atom. The number of ether oxygens (including phenoxy) is 1. The molecular formula is C6H5I2NO. The molecule has 0 aliphatic rings. The van der Waals surface area contributed by atoms with Crippen molar-refractivity contribution in [2.45, 2.75) is 0 Å². The summed E-state index contributed by atoms with van der Waals surface area (Å²) in [6, 6.07) is 0. The third-order valence-corrected chi connectivity index (χ3v) is 3.99. The summed E-state index contributed by atoms with van der Waals surface area (Å²) in [4.78, 5) is 3.98. The van der Waals surface area contributed by atoms with Gasteiger partial charge in [-0.2, -0.15) is 0 Å². The first-order valence-corrected chi connectivity index (χ1v) is 4.74. The maximum Gasteiger partial charge on any atom is 0.151 e. The van der Waals surface area contributed by atoms with E-state index in [-0.39, 0.29) is 0 Å². The molecule has 4 heteroatoms. The molecule has 0 amide bonds. The zero-order chi connectivity index (χ0) is 7.56. The number of pyridine rings is 1. The molecule has 0 unspecified atom stereocenters. The minimum absolute atomic E-state index is 0.840. The highest BCUT2D eigenvalue weighted by Crippen LogP contribution is 2.23. The van der Waals surface area contributed by atoms with E-state index in [1.807, 2.05) is 6.20 Å². The van der Waals surface area contributed by atoms with Crippen molar-refractivity contribution >= 4 is 45.2 Å². The fourth-order valence-corrected chi connectivity index (χ4v) is 1.47. The summed E-state index contributed by atoms with van der Waals surface area (Å²) in [5, 5.41) is 0. The molecule has 0 aromatic carbocycles. The Kier molecular flexibility index (Phi) is 3.15. The summed E-state index contributed by atoms with van der Waals surface area (Å²) >= 11 is 4.46. The fraction of sp³-hybridized carbons (Fsp3) is 0.167. The zero-order valence-corrected chi connectivity index (χ0v) is 9.58. The predicted molar refractivity (Wildman–Crippen MR) is 56.2 cm³/mol. The van der Waals surface area contributed by atoms with Crippen LogP contribution in [-0.2, 0) is 0 Å². The number of aromatic nitrogens is 1. The molecule has 0 bridgehead atoms. The second-order valence-electron chi connectivity index (χ2n) is 1.64. The van der Waals surface area contributed by atoms with Gasteiger partial charge in [-0.15, -0.1) is 0 Å². The predicted octanol–water partition coefficient (Wildman–Crippen LogP) is 2.30. The normalized spacial score (nSPS) is 9.50. The van der Waals surface area contributed by atoms with Gasteiger partial charge in [0.05, 0.1) is 16.9 Å². The van der Waals surface area contributed by atoms with E-state index >= 15 is 0 Å². The van der Waals surface area contributed by atoms with Gasteiger partial charge < -0.3 is 4.74 Å². The van der Waals surface area contributed by atoms with Crippen LogP contribution in [0.2, 0.25) is 0 Å². The van der Waals surface area contributed by atoms with Crippen LogP contribution in [0.15, 0.2) is 12.4 Å². The Labute approximate surface area is 86.7 Å². The van der Waals surface area contributed by atoms with E-state index in [1.54, 1.807) is 13.3 Å². The van der Waals surface area contributed by atoms with Crippen LogP contribution in [0.4, 0.5) is 0 Å². The monoisotopic (exact) mass is 361 g/mol. The number of hydrogen-bond donors (Lipinski definition) is 0. The van der Waals surface area contributed by atoms with E-state index in [1.165, 1.54) is 0 Å². The zero-order valence-electron chi connectivity index (χ0n) is 5.27. The van der Waals surface area contributed by atoms with Gasteiger partial charge in [-0.3, -0.25) is 4.98 Å². The number of nitrogens with zero attached hydrogens (tertiary/aromatic N) is 1. The van der Waals surface area contributed by atoms with Crippen molar-refractivity contribution in [3.05, 3.63) is 19.5 Å². The average molecular weight is 361 g/mol. The van der Waals surface area contributed by atoms with Crippen molar-refractivity contribution in [3.8, 4) is 5.75 Å². The highest BCUT2D eigenvalue weighted by molar-refractivity contribution is 14.1. The van der Waals surface area contributed by atoms with Gasteiger partial charge in [-0.25, -0.2) is 0 Å². The van der Waals surface area contributed by atoms with E-state index in [2.05, 4.69) is 50.2 Å². The SMILES string of the molecule is COc1cncc(I)c1I. The Bertz CT molecular complexity index is 239. The molecule has 1 rings (SSSR count). The minimum atomic E-state index is 0.840. The molecule has 1 aromatic heterocycles. The summed E-state index contributed by atoms with van der Waals surface area (Å²) < 4.78 is 7.29. The lowest BCUT2D eigenvalue weighted by molar-refractivity contribution is 0.409. The number of rotatable bonds is 1. The van der Waals surface area contributed by atoms with Crippen molar-refractivity contribution in [3.63, 3.8) is 0 Å². The van der Waals surface area contributed by atoms with Crippen LogP contribution in [0.25, 0.3) is 0 Å². The molecule has 0 saturated carbocycles. The standard InChI is InChI=1S/C6H5I2NO/c1-10-5-3-9-2-4(7)6(5)8/h2-3H,1H3.